The Morgan fingerprint density at radius 2 is 1.77 bits per heavy atom. The summed E-state index contributed by atoms with van der Waals surface area (Å²) in [6.45, 7) is 0. The third-order valence-electron chi connectivity index (χ3n) is 2.93. The highest BCUT2D eigenvalue weighted by molar-refractivity contribution is 7.99. The summed E-state index contributed by atoms with van der Waals surface area (Å²) in [5.41, 5.74) is 1.54. The molecule has 0 radical (unpaired) electrons. The Balaban J connectivity index is 1.67. The Bertz CT molecular complexity index is 811. The molecule has 0 aliphatic rings. The lowest BCUT2D eigenvalue weighted by molar-refractivity contribution is -0.113. The second-order valence-electron chi connectivity index (χ2n) is 4.52. The number of anilines is 1. The van der Waals surface area contributed by atoms with Crippen LogP contribution in [0.3, 0.4) is 0 Å². The normalized spacial score (nSPS) is 10.6. The van der Waals surface area contributed by atoms with Gasteiger partial charge in [-0.3, -0.25) is 4.79 Å². The summed E-state index contributed by atoms with van der Waals surface area (Å²) in [4.78, 5) is 20.5. The molecule has 0 atom stereocenters. The summed E-state index contributed by atoms with van der Waals surface area (Å²) in [6, 6.07) is 16.8. The molecule has 6 heteroatoms. The molecule has 0 bridgehead atoms. The van der Waals surface area contributed by atoms with Crippen LogP contribution in [0.2, 0.25) is 5.15 Å². The van der Waals surface area contributed by atoms with Gasteiger partial charge in [0, 0.05) is 11.1 Å². The monoisotopic (exact) mass is 329 g/mol. The van der Waals surface area contributed by atoms with Crippen molar-refractivity contribution in [2.75, 3.05) is 11.1 Å². The Hall–Kier alpha value is -2.11. The number of thioether (sulfide) groups is 1. The van der Waals surface area contributed by atoms with Gasteiger partial charge < -0.3 is 5.32 Å². The minimum atomic E-state index is -0.107. The molecular formula is C16H12ClN3OS. The van der Waals surface area contributed by atoms with Crippen LogP contribution in [0.5, 0.6) is 0 Å². The lowest BCUT2D eigenvalue weighted by Gasteiger charge is -2.05. The molecular weight excluding hydrogens is 318 g/mol. The molecule has 3 aromatic rings. The number of nitrogens with zero attached hydrogens (tertiary/aromatic N) is 2. The molecule has 0 saturated carbocycles. The first-order valence-electron chi connectivity index (χ1n) is 6.62. The lowest BCUT2D eigenvalue weighted by atomic mass is 10.2. The Morgan fingerprint density at radius 1 is 1.05 bits per heavy atom. The first-order chi connectivity index (χ1) is 10.7. The number of hydrogen-bond donors (Lipinski definition) is 1. The summed E-state index contributed by atoms with van der Waals surface area (Å²) in [6.07, 6.45) is 0. The van der Waals surface area contributed by atoms with Crippen molar-refractivity contribution >= 4 is 45.9 Å². The molecule has 2 aromatic carbocycles. The highest BCUT2D eigenvalue weighted by Crippen LogP contribution is 2.24. The number of nitrogens with one attached hydrogen (secondary N) is 1. The van der Waals surface area contributed by atoms with Gasteiger partial charge in [0.1, 0.15) is 5.15 Å². The fourth-order valence-electron chi connectivity index (χ4n) is 1.93. The molecule has 4 nitrogen and oxygen atoms in total. The number of carbonyl (C=O) groups excluding carboxylic acids is 1. The molecule has 0 spiro atoms. The number of amides is 1. The predicted molar refractivity (Wildman–Crippen MR) is 90.3 cm³/mol. The molecule has 1 aromatic heterocycles. The van der Waals surface area contributed by atoms with Crippen molar-refractivity contribution < 1.29 is 4.79 Å². The van der Waals surface area contributed by atoms with Gasteiger partial charge >= 0.3 is 0 Å². The molecule has 1 N–H and O–H groups in total. The van der Waals surface area contributed by atoms with E-state index in [1.54, 1.807) is 0 Å². The van der Waals surface area contributed by atoms with Crippen molar-refractivity contribution in [1.82, 2.24) is 9.97 Å². The summed E-state index contributed by atoms with van der Waals surface area (Å²) in [7, 11) is 0. The number of rotatable bonds is 4. The largest absolute Gasteiger partial charge is 0.325 e. The molecule has 0 aliphatic carbocycles. The second kappa shape index (κ2) is 6.77. The van der Waals surface area contributed by atoms with Gasteiger partial charge in [0.05, 0.1) is 11.3 Å². The van der Waals surface area contributed by atoms with E-state index in [4.69, 9.17) is 11.6 Å². The number of halogens is 1. The van der Waals surface area contributed by atoms with Crippen LogP contribution >= 0.6 is 23.4 Å². The van der Waals surface area contributed by atoms with Crippen LogP contribution in [0, 0.1) is 0 Å². The van der Waals surface area contributed by atoms with E-state index in [2.05, 4.69) is 15.3 Å². The minimum Gasteiger partial charge on any atom is -0.325 e. The van der Waals surface area contributed by atoms with Crippen molar-refractivity contribution in [2.24, 2.45) is 0 Å². The summed E-state index contributed by atoms with van der Waals surface area (Å²) >= 11 is 7.40. The van der Waals surface area contributed by atoms with Gasteiger partial charge in [0.25, 0.3) is 0 Å². The molecule has 0 fully saturated rings. The van der Waals surface area contributed by atoms with E-state index in [1.165, 1.54) is 11.8 Å². The average molecular weight is 330 g/mol. The maximum atomic E-state index is 11.9. The molecule has 22 heavy (non-hydrogen) atoms. The van der Waals surface area contributed by atoms with Crippen LogP contribution in [-0.2, 0) is 4.79 Å². The zero-order valence-corrected chi connectivity index (χ0v) is 13.1. The topological polar surface area (TPSA) is 54.9 Å². The van der Waals surface area contributed by atoms with Crippen molar-refractivity contribution in [1.29, 1.82) is 0 Å². The van der Waals surface area contributed by atoms with Gasteiger partial charge in [-0.2, -0.15) is 0 Å². The highest BCUT2D eigenvalue weighted by atomic mass is 35.5. The summed E-state index contributed by atoms with van der Waals surface area (Å²) in [5, 5.41) is 4.52. The second-order valence-corrected chi connectivity index (χ2v) is 5.82. The van der Waals surface area contributed by atoms with Crippen LogP contribution in [0.4, 0.5) is 5.69 Å². The maximum Gasteiger partial charge on any atom is 0.234 e. The molecule has 3 rings (SSSR count). The number of aromatic nitrogens is 2. The third-order valence-corrected chi connectivity index (χ3v) is 4.06. The lowest BCUT2D eigenvalue weighted by Crippen LogP contribution is -2.14. The predicted octanol–water partition coefficient (Wildman–Crippen LogP) is 4.01. The molecule has 1 heterocycles. The average Bonchev–Trinajstić information content (AvgIpc) is 2.54. The Morgan fingerprint density at radius 3 is 2.59 bits per heavy atom. The van der Waals surface area contributed by atoms with Gasteiger partial charge in [-0.1, -0.05) is 53.7 Å². The van der Waals surface area contributed by atoms with E-state index >= 15 is 0 Å². The fraction of sp³-hybridized carbons (Fsp3) is 0.0625. The molecule has 0 aliphatic heterocycles. The van der Waals surface area contributed by atoms with Gasteiger partial charge in [-0.05, 0) is 24.3 Å². The molecule has 110 valence electrons. The van der Waals surface area contributed by atoms with E-state index in [1.807, 2.05) is 54.6 Å². The van der Waals surface area contributed by atoms with Crippen LogP contribution < -0.4 is 5.32 Å². The molecule has 1 amide bonds. The third kappa shape index (κ3) is 3.55. The first kappa shape index (κ1) is 14.8. The number of para-hydroxylation sites is 2. The van der Waals surface area contributed by atoms with Crippen LogP contribution in [0.15, 0.2) is 59.8 Å². The van der Waals surface area contributed by atoms with Crippen molar-refractivity contribution in [3.63, 3.8) is 0 Å². The Labute approximate surface area is 136 Å². The van der Waals surface area contributed by atoms with E-state index < -0.39 is 0 Å². The minimum absolute atomic E-state index is 0.107. The zero-order chi connectivity index (χ0) is 15.4. The summed E-state index contributed by atoms with van der Waals surface area (Å²) in [5.74, 6) is 0.118. The van der Waals surface area contributed by atoms with Gasteiger partial charge in [-0.25, -0.2) is 9.97 Å². The number of hydrogen-bond acceptors (Lipinski definition) is 4. The molecule has 0 saturated heterocycles. The number of fused-ring (bicyclic) bond motifs is 1. The number of benzene rings is 2. The van der Waals surface area contributed by atoms with Crippen molar-refractivity contribution in [2.45, 2.75) is 5.16 Å². The highest BCUT2D eigenvalue weighted by Gasteiger charge is 2.09. The fourth-order valence-corrected chi connectivity index (χ4v) is 2.87. The van der Waals surface area contributed by atoms with Crippen molar-refractivity contribution in [3.05, 3.63) is 59.8 Å². The van der Waals surface area contributed by atoms with E-state index in [0.717, 1.165) is 16.6 Å². The number of carbonyl (C=O) groups is 1. The first-order valence-corrected chi connectivity index (χ1v) is 7.99. The van der Waals surface area contributed by atoms with Crippen LogP contribution in [0.1, 0.15) is 0 Å². The molecule has 0 unspecified atom stereocenters. The van der Waals surface area contributed by atoms with Crippen molar-refractivity contribution in [3.8, 4) is 0 Å². The van der Waals surface area contributed by atoms with Crippen LogP contribution in [-0.4, -0.2) is 21.6 Å². The standard InChI is InChI=1S/C16H12ClN3OS/c17-15-12-8-4-5-9-13(12)19-16(20-15)22-10-14(21)18-11-6-2-1-3-7-11/h1-9H,10H2,(H,18,21). The maximum absolute atomic E-state index is 11.9. The zero-order valence-electron chi connectivity index (χ0n) is 11.5. The van der Waals surface area contributed by atoms with Gasteiger partial charge in [0.15, 0.2) is 5.16 Å². The van der Waals surface area contributed by atoms with Gasteiger partial charge in [-0.15, -0.1) is 0 Å². The quantitative estimate of drug-likeness (QED) is 0.446. The SMILES string of the molecule is O=C(CSc1nc(Cl)c2ccccc2n1)Nc1ccccc1. The van der Waals surface area contributed by atoms with E-state index in [-0.39, 0.29) is 11.7 Å². The van der Waals surface area contributed by atoms with E-state index in [9.17, 15) is 4.79 Å². The van der Waals surface area contributed by atoms with E-state index in [0.29, 0.717) is 10.3 Å². The summed E-state index contributed by atoms with van der Waals surface area (Å²) < 4.78 is 0. The van der Waals surface area contributed by atoms with Gasteiger partial charge in [0.2, 0.25) is 5.91 Å². The Kier molecular flexibility index (Phi) is 4.56. The smallest absolute Gasteiger partial charge is 0.234 e. The van der Waals surface area contributed by atoms with Crippen LogP contribution in [0.25, 0.3) is 10.9 Å².